The Labute approximate surface area is 152 Å². The van der Waals surface area contributed by atoms with E-state index in [1.807, 2.05) is 61.5 Å². The van der Waals surface area contributed by atoms with E-state index in [9.17, 15) is 4.79 Å². The first-order valence-corrected chi connectivity index (χ1v) is 8.57. The van der Waals surface area contributed by atoms with E-state index in [2.05, 4.69) is 20.2 Å². The van der Waals surface area contributed by atoms with Crippen molar-refractivity contribution in [2.45, 2.75) is 13.3 Å². The van der Waals surface area contributed by atoms with Gasteiger partial charge in [-0.1, -0.05) is 42.5 Å². The number of benzene rings is 1. The van der Waals surface area contributed by atoms with Gasteiger partial charge < -0.3 is 4.90 Å². The zero-order chi connectivity index (χ0) is 18.2. The number of pyridine rings is 1. The summed E-state index contributed by atoms with van der Waals surface area (Å²) in [7, 11) is 0. The Morgan fingerprint density at radius 2 is 2.04 bits per heavy atom. The summed E-state index contributed by atoms with van der Waals surface area (Å²) in [5, 5.41) is 7.01. The minimum absolute atomic E-state index is 0.0131. The number of hydrogen-bond donors (Lipinski definition) is 1. The van der Waals surface area contributed by atoms with E-state index in [0.717, 1.165) is 11.1 Å². The molecule has 0 aliphatic carbocycles. The van der Waals surface area contributed by atoms with Gasteiger partial charge in [0.15, 0.2) is 5.82 Å². The molecule has 6 heteroatoms. The molecule has 0 unspecified atom stereocenters. The van der Waals surface area contributed by atoms with Crippen LogP contribution < -0.4 is 0 Å². The molecule has 0 atom stereocenters. The second-order valence-corrected chi connectivity index (χ2v) is 5.77. The number of aromatic nitrogens is 4. The number of carbonyl (C=O) groups is 1. The molecular formula is C20H21N5O. The van der Waals surface area contributed by atoms with Crippen molar-refractivity contribution in [2.24, 2.45) is 0 Å². The number of aromatic amines is 1. The summed E-state index contributed by atoms with van der Waals surface area (Å²) in [6.45, 7) is 3.17. The van der Waals surface area contributed by atoms with Crippen LogP contribution in [0.4, 0.5) is 0 Å². The van der Waals surface area contributed by atoms with Crippen LogP contribution in [0.2, 0.25) is 0 Å². The molecule has 0 saturated carbocycles. The van der Waals surface area contributed by atoms with Crippen LogP contribution >= 0.6 is 0 Å². The van der Waals surface area contributed by atoms with Gasteiger partial charge in [0.1, 0.15) is 5.82 Å². The van der Waals surface area contributed by atoms with E-state index in [4.69, 9.17) is 0 Å². The predicted octanol–water partition coefficient (Wildman–Crippen LogP) is 2.97. The number of amides is 1. The number of likely N-dealkylation sites (N-methyl/N-ethyl adjacent to an activating group) is 1. The van der Waals surface area contributed by atoms with Crippen LogP contribution in [-0.4, -0.2) is 44.1 Å². The van der Waals surface area contributed by atoms with Crippen molar-refractivity contribution < 1.29 is 4.79 Å². The highest BCUT2D eigenvalue weighted by Gasteiger charge is 2.14. The Bertz CT molecular complexity index is 858. The van der Waals surface area contributed by atoms with Crippen LogP contribution in [0.1, 0.15) is 18.3 Å². The van der Waals surface area contributed by atoms with Gasteiger partial charge >= 0.3 is 0 Å². The van der Waals surface area contributed by atoms with Gasteiger partial charge in [0, 0.05) is 31.0 Å². The smallest absolute Gasteiger partial charge is 0.230 e. The second-order valence-electron chi connectivity index (χ2n) is 5.77. The highest BCUT2D eigenvalue weighted by Crippen LogP contribution is 2.12. The van der Waals surface area contributed by atoms with Crippen molar-refractivity contribution in [3.63, 3.8) is 0 Å². The van der Waals surface area contributed by atoms with Crippen LogP contribution in [0.15, 0.2) is 60.9 Å². The van der Waals surface area contributed by atoms with E-state index in [1.54, 1.807) is 17.3 Å². The maximum atomic E-state index is 12.5. The molecule has 0 radical (unpaired) electrons. The molecule has 0 aliphatic heterocycles. The van der Waals surface area contributed by atoms with Gasteiger partial charge in [-0.3, -0.25) is 14.9 Å². The van der Waals surface area contributed by atoms with E-state index in [-0.39, 0.29) is 12.3 Å². The van der Waals surface area contributed by atoms with E-state index in [0.29, 0.717) is 24.7 Å². The molecule has 0 spiro atoms. The zero-order valence-electron chi connectivity index (χ0n) is 14.7. The lowest BCUT2D eigenvalue weighted by molar-refractivity contribution is -0.129. The molecule has 3 rings (SSSR count). The summed E-state index contributed by atoms with van der Waals surface area (Å²) >= 11 is 0. The molecule has 26 heavy (non-hydrogen) atoms. The molecule has 2 heterocycles. The monoisotopic (exact) mass is 347 g/mol. The Balaban J connectivity index is 1.59. The molecule has 132 valence electrons. The molecule has 0 saturated heterocycles. The maximum Gasteiger partial charge on any atom is 0.230 e. The van der Waals surface area contributed by atoms with Crippen LogP contribution in [0.5, 0.6) is 0 Å². The molecule has 2 aromatic heterocycles. The standard InChI is InChI=1S/C20H21N5O/c1-2-25(13-7-10-16-8-4-3-5-9-16)19(26)14-18-22-20(24-23-18)17-11-6-12-21-15-17/h3-12,15H,2,13-14H2,1H3,(H,22,23,24). The van der Waals surface area contributed by atoms with E-state index < -0.39 is 0 Å². The zero-order valence-corrected chi connectivity index (χ0v) is 14.7. The van der Waals surface area contributed by atoms with Crippen molar-refractivity contribution in [3.8, 4) is 11.4 Å². The van der Waals surface area contributed by atoms with Gasteiger partial charge in [-0.15, -0.1) is 0 Å². The first kappa shape index (κ1) is 17.5. The van der Waals surface area contributed by atoms with Crippen molar-refractivity contribution in [1.82, 2.24) is 25.1 Å². The Hall–Kier alpha value is -3.28. The summed E-state index contributed by atoms with van der Waals surface area (Å²) in [6.07, 6.45) is 7.60. The van der Waals surface area contributed by atoms with Crippen LogP contribution in [-0.2, 0) is 11.2 Å². The Morgan fingerprint density at radius 3 is 2.77 bits per heavy atom. The fourth-order valence-corrected chi connectivity index (χ4v) is 2.54. The average molecular weight is 347 g/mol. The largest absolute Gasteiger partial charge is 0.339 e. The summed E-state index contributed by atoms with van der Waals surface area (Å²) < 4.78 is 0. The normalized spacial score (nSPS) is 11.0. The number of H-pyrrole nitrogens is 1. The summed E-state index contributed by atoms with van der Waals surface area (Å²) in [5.74, 6) is 1.12. The van der Waals surface area contributed by atoms with Gasteiger partial charge in [0.05, 0.1) is 6.42 Å². The lowest BCUT2D eigenvalue weighted by Gasteiger charge is -2.18. The van der Waals surface area contributed by atoms with E-state index >= 15 is 0 Å². The molecule has 0 fully saturated rings. The highest BCUT2D eigenvalue weighted by atomic mass is 16.2. The fraction of sp³-hybridized carbons (Fsp3) is 0.200. The van der Waals surface area contributed by atoms with Crippen molar-refractivity contribution >= 4 is 12.0 Å². The molecule has 1 N–H and O–H groups in total. The topological polar surface area (TPSA) is 74.8 Å². The Kier molecular flexibility index (Phi) is 5.88. The number of nitrogens with one attached hydrogen (secondary N) is 1. The molecule has 0 aliphatic rings. The third-order valence-electron chi connectivity index (χ3n) is 3.94. The van der Waals surface area contributed by atoms with Gasteiger partial charge in [-0.05, 0) is 24.6 Å². The van der Waals surface area contributed by atoms with E-state index in [1.165, 1.54) is 0 Å². The number of rotatable bonds is 7. The lowest BCUT2D eigenvalue weighted by Crippen LogP contribution is -2.32. The third kappa shape index (κ3) is 4.63. The van der Waals surface area contributed by atoms with Crippen molar-refractivity contribution in [3.05, 3.63) is 72.3 Å². The first-order chi connectivity index (χ1) is 12.8. The number of nitrogens with zero attached hydrogens (tertiary/aromatic N) is 4. The fourth-order valence-electron chi connectivity index (χ4n) is 2.54. The SMILES string of the molecule is CCN(CC=Cc1ccccc1)C(=O)Cc1nc(-c2cccnc2)n[nH]1. The maximum absolute atomic E-state index is 12.5. The van der Waals surface area contributed by atoms with Gasteiger partial charge in [0.25, 0.3) is 0 Å². The Morgan fingerprint density at radius 1 is 1.19 bits per heavy atom. The second kappa shape index (κ2) is 8.71. The molecular weight excluding hydrogens is 326 g/mol. The van der Waals surface area contributed by atoms with Crippen LogP contribution in [0.25, 0.3) is 17.5 Å². The highest BCUT2D eigenvalue weighted by molar-refractivity contribution is 5.78. The third-order valence-corrected chi connectivity index (χ3v) is 3.94. The van der Waals surface area contributed by atoms with Gasteiger partial charge in [-0.2, -0.15) is 5.10 Å². The molecule has 0 bridgehead atoms. The quantitative estimate of drug-likeness (QED) is 0.713. The van der Waals surface area contributed by atoms with Gasteiger partial charge in [-0.25, -0.2) is 4.98 Å². The van der Waals surface area contributed by atoms with Gasteiger partial charge in [0.2, 0.25) is 5.91 Å². The van der Waals surface area contributed by atoms with Crippen LogP contribution in [0, 0.1) is 0 Å². The predicted molar refractivity (Wildman–Crippen MR) is 101 cm³/mol. The minimum Gasteiger partial charge on any atom is -0.339 e. The number of carbonyl (C=O) groups excluding carboxylic acids is 1. The average Bonchev–Trinajstić information content (AvgIpc) is 3.15. The summed E-state index contributed by atoms with van der Waals surface area (Å²) in [4.78, 5) is 22.8. The summed E-state index contributed by atoms with van der Waals surface area (Å²) in [5.41, 5.74) is 1.94. The lowest BCUT2D eigenvalue weighted by atomic mass is 10.2. The number of hydrogen-bond acceptors (Lipinski definition) is 4. The van der Waals surface area contributed by atoms with Crippen LogP contribution in [0.3, 0.4) is 0 Å². The van der Waals surface area contributed by atoms with Crippen molar-refractivity contribution in [1.29, 1.82) is 0 Å². The molecule has 1 amide bonds. The molecule has 1 aromatic carbocycles. The molecule has 6 nitrogen and oxygen atoms in total. The minimum atomic E-state index is 0.0131. The first-order valence-electron chi connectivity index (χ1n) is 8.57. The van der Waals surface area contributed by atoms with Crippen molar-refractivity contribution in [2.75, 3.05) is 13.1 Å². The summed E-state index contributed by atoms with van der Waals surface area (Å²) in [6, 6.07) is 13.7. The molecule has 3 aromatic rings.